The Hall–Kier alpha value is -0.440. The van der Waals surface area contributed by atoms with Gasteiger partial charge in [-0.1, -0.05) is 0 Å². The molecule has 3 heteroatoms. The summed E-state index contributed by atoms with van der Waals surface area (Å²) < 4.78 is 1.79. The van der Waals surface area contributed by atoms with E-state index in [9.17, 15) is 0 Å². The van der Waals surface area contributed by atoms with E-state index in [1.54, 1.807) is 10.9 Å². The first-order valence-corrected chi connectivity index (χ1v) is 3.58. The van der Waals surface area contributed by atoms with Crippen molar-refractivity contribution in [3.8, 4) is 0 Å². The Morgan fingerprint density at radius 3 is 2.22 bits per heavy atom. The van der Waals surface area contributed by atoms with Crippen LogP contribution in [0.15, 0.2) is 12.4 Å². The van der Waals surface area contributed by atoms with Gasteiger partial charge in [-0.15, -0.1) is 0 Å². The average Bonchev–Trinajstić information content (AvgIpc) is 2.20. The Morgan fingerprint density at radius 2 is 2.11 bits per heavy atom. The molecule has 0 aliphatic carbocycles. The molecule has 1 heterocycles. The van der Waals surface area contributed by atoms with Gasteiger partial charge < -0.3 is 0 Å². The third kappa shape index (κ3) is 3.19. The van der Waals surface area contributed by atoms with Crippen LogP contribution in [0.4, 0.5) is 0 Å². The van der Waals surface area contributed by atoms with E-state index in [1.807, 2.05) is 26.4 Å². The second-order valence-electron chi connectivity index (χ2n) is 1.69. The van der Waals surface area contributed by atoms with Gasteiger partial charge in [-0.3, -0.25) is 4.68 Å². The van der Waals surface area contributed by atoms with E-state index < -0.39 is 0 Å². The van der Waals surface area contributed by atoms with Gasteiger partial charge in [0.05, 0.1) is 6.20 Å². The van der Waals surface area contributed by atoms with Gasteiger partial charge in [-0.2, -0.15) is 17.7 Å². The topological polar surface area (TPSA) is 17.8 Å². The lowest BCUT2D eigenvalue weighted by atomic mass is 10.4. The molecular formula is C6H12N2S. The highest BCUT2D eigenvalue weighted by Gasteiger charge is 1.81. The van der Waals surface area contributed by atoms with Crippen LogP contribution < -0.4 is 0 Å². The predicted molar refractivity (Wildman–Crippen MR) is 42.9 cm³/mol. The van der Waals surface area contributed by atoms with Crippen molar-refractivity contribution in [1.29, 1.82) is 0 Å². The zero-order valence-corrected chi connectivity index (χ0v) is 6.89. The van der Waals surface area contributed by atoms with Crippen LogP contribution in [0.1, 0.15) is 5.56 Å². The van der Waals surface area contributed by atoms with Gasteiger partial charge in [-0.25, -0.2) is 0 Å². The summed E-state index contributed by atoms with van der Waals surface area (Å²) in [6.07, 6.45) is 5.50. The molecule has 1 aromatic rings. The summed E-state index contributed by atoms with van der Waals surface area (Å²) in [5.41, 5.74) is 1.21. The van der Waals surface area contributed by atoms with Crippen molar-refractivity contribution < 1.29 is 0 Å². The first kappa shape index (κ1) is 8.56. The Balaban J connectivity index is 0.000000291. The van der Waals surface area contributed by atoms with Crippen LogP contribution in [0.3, 0.4) is 0 Å². The lowest BCUT2D eigenvalue weighted by molar-refractivity contribution is 0.767. The molecule has 0 amide bonds. The zero-order chi connectivity index (χ0) is 7.28. The second kappa shape index (κ2) is 4.44. The van der Waals surface area contributed by atoms with Crippen LogP contribution in [0.2, 0.25) is 0 Å². The highest BCUT2D eigenvalue weighted by atomic mass is 32.1. The van der Waals surface area contributed by atoms with E-state index in [0.29, 0.717) is 0 Å². The molecular weight excluding hydrogens is 132 g/mol. The van der Waals surface area contributed by atoms with E-state index in [4.69, 9.17) is 0 Å². The molecule has 1 rings (SSSR count). The third-order valence-corrected chi connectivity index (χ3v) is 0.834. The van der Waals surface area contributed by atoms with Gasteiger partial charge in [0.15, 0.2) is 0 Å². The van der Waals surface area contributed by atoms with E-state index >= 15 is 0 Å². The van der Waals surface area contributed by atoms with Crippen molar-refractivity contribution in [3.05, 3.63) is 18.0 Å². The van der Waals surface area contributed by atoms with Gasteiger partial charge in [0.1, 0.15) is 0 Å². The van der Waals surface area contributed by atoms with Gasteiger partial charge in [-0.05, 0) is 18.7 Å². The van der Waals surface area contributed by atoms with Gasteiger partial charge >= 0.3 is 0 Å². The summed E-state index contributed by atoms with van der Waals surface area (Å²) in [6.45, 7) is 2.02. The number of aromatic nitrogens is 2. The van der Waals surface area contributed by atoms with E-state index in [-0.39, 0.29) is 0 Å². The van der Waals surface area contributed by atoms with Crippen LogP contribution in [0.5, 0.6) is 0 Å². The number of thiol groups is 1. The average molecular weight is 144 g/mol. The van der Waals surface area contributed by atoms with E-state index in [1.165, 1.54) is 5.56 Å². The summed E-state index contributed by atoms with van der Waals surface area (Å²) in [5.74, 6) is 0. The zero-order valence-electron chi connectivity index (χ0n) is 6.00. The molecule has 0 fully saturated rings. The Bertz CT molecular complexity index is 143. The highest BCUT2D eigenvalue weighted by Crippen LogP contribution is 1.88. The van der Waals surface area contributed by atoms with Crippen LogP contribution in [0.25, 0.3) is 0 Å². The number of hydrogen-bond acceptors (Lipinski definition) is 2. The summed E-state index contributed by atoms with van der Waals surface area (Å²) in [6, 6.07) is 0. The van der Waals surface area contributed by atoms with E-state index in [2.05, 4.69) is 17.7 Å². The molecule has 52 valence electrons. The fraction of sp³-hybridized carbons (Fsp3) is 0.500. The quantitative estimate of drug-likeness (QED) is 0.543. The van der Waals surface area contributed by atoms with Crippen molar-refractivity contribution >= 4 is 12.6 Å². The molecule has 1 aromatic heterocycles. The molecule has 0 aromatic carbocycles. The minimum atomic E-state index is 1.21. The molecule has 2 nitrogen and oxygen atoms in total. The molecule has 0 atom stereocenters. The maximum atomic E-state index is 3.93. The summed E-state index contributed by atoms with van der Waals surface area (Å²) in [7, 11) is 1.91. The fourth-order valence-corrected chi connectivity index (χ4v) is 0.544. The maximum Gasteiger partial charge on any atom is 0.0518 e. The Kier molecular flexibility index (Phi) is 4.22. The predicted octanol–water partition coefficient (Wildman–Crippen LogP) is 1.27. The minimum Gasteiger partial charge on any atom is -0.276 e. The molecule has 0 N–H and O–H groups in total. The molecule has 0 spiro atoms. The molecule has 0 aliphatic rings. The summed E-state index contributed by atoms with van der Waals surface area (Å²) >= 11 is 3.53. The smallest absolute Gasteiger partial charge is 0.0518 e. The fourth-order valence-electron chi connectivity index (χ4n) is 0.544. The number of aryl methyl sites for hydroxylation is 2. The van der Waals surface area contributed by atoms with Gasteiger partial charge in [0.25, 0.3) is 0 Å². The lowest BCUT2D eigenvalue weighted by Crippen LogP contribution is -1.83. The first-order valence-electron chi connectivity index (χ1n) is 2.69. The first-order chi connectivity index (χ1) is 4.29. The van der Waals surface area contributed by atoms with Crippen molar-refractivity contribution in [2.24, 2.45) is 7.05 Å². The molecule has 0 radical (unpaired) electrons. The molecule has 0 saturated heterocycles. The number of nitrogens with zero attached hydrogens (tertiary/aromatic N) is 2. The standard InChI is InChI=1S/C5H8N2.CH4S/c1-5-3-6-7(2)4-5;1-2/h3-4H,1-2H3;2H,1H3. The molecule has 0 bridgehead atoms. The Morgan fingerprint density at radius 1 is 1.56 bits per heavy atom. The van der Waals surface area contributed by atoms with Crippen molar-refractivity contribution in [3.63, 3.8) is 0 Å². The molecule has 9 heavy (non-hydrogen) atoms. The number of hydrogen-bond donors (Lipinski definition) is 1. The van der Waals surface area contributed by atoms with Crippen LogP contribution in [-0.4, -0.2) is 16.0 Å². The molecule has 0 aliphatic heterocycles. The Labute approximate surface area is 61.3 Å². The maximum absolute atomic E-state index is 3.93. The SMILES string of the molecule is CS.Cc1cnn(C)c1. The van der Waals surface area contributed by atoms with Crippen LogP contribution >= 0.6 is 12.6 Å². The van der Waals surface area contributed by atoms with E-state index in [0.717, 1.165) is 0 Å². The van der Waals surface area contributed by atoms with Gasteiger partial charge in [0, 0.05) is 13.2 Å². The summed E-state index contributed by atoms with van der Waals surface area (Å²) in [4.78, 5) is 0. The number of rotatable bonds is 0. The van der Waals surface area contributed by atoms with Crippen LogP contribution in [0, 0.1) is 6.92 Å². The molecule has 0 unspecified atom stereocenters. The lowest BCUT2D eigenvalue weighted by Gasteiger charge is -1.78. The van der Waals surface area contributed by atoms with Crippen molar-refractivity contribution in [1.82, 2.24) is 9.78 Å². The van der Waals surface area contributed by atoms with Gasteiger partial charge in [0.2, 0.25) is 0 Å². The normalized spacial score (nSPS) is 8.00. The van der Waals surface area contributed by atoms with Crippen molar-refractivity contribution in [2.45, 2.75) is 6.92 Å². The largest absolute Gasteiger partial charge is 0.276 e. The van der Waals surface area contributed by atoms with Crippen molar-refractivity contribution in [2.75, 3.05) is 6.26 Å². The highest BCUT2D eigenvalue weighted by molar-refractivity contribution is 7.79. The molecule has 0 saturated carbocycles. The summed E-state index contributed by atoms with van der Waals surface area (Å²) in [5, 5.41) is 3.93. The van der Waals surface area contributed by atoms with Crippen LogP contribution in [-0.2, 0) is 7.05 Å². The minimum absolute atomic E-state index is 1.21. The third-order valence-electron chi connectivity index (χ3n) is 0.834. The second-order valence-corrected chi connectivity index (χ2v) is 1.69. The monoisotopic (exact) mass is 144 g/mol.